The molecule has 0 atom stereocenters. The van der Waals surface area contributed by atoms with Gasteiger partial charge in [-0.1, -0.05) is 0 Å². The van der Waals surface area contributed by atoms with Crippen LogP contribution < -0.4 is 17.2 Å². The van der Waals surface area contributed by atoms with Crippen molar-refractivity contribution in [2.75, 3.05) is 44.4 Å². The van der Waals surface area contributed by atoms with Crippen molar-refractivity contribution in [1.29, 1.82) is 0 Å². The van der Waals surface area contributed by atoms with E-state index in [1.807, 2.05) is 14.1 Å². The molecule has 0 saturated carbocycles. The van der Waals surface area contributed by atoms with E-state index in [9.17, 15) is 9.59 Å². The third-order valence-corrected chi connectivity index (χ3v) is 3.31. The van der Waals surface area contributed by atoms with Gasteiger partial charge in [-0.3, -0.25) is 9.59 Å². The molecule has 0 bridgehead atoms. The average molecular weight is 342 g/mol. The summed E-state index contributed by atoms with van der Waals surface area (Å²) in [6.07, 6.45) is 3.62. The Bertz CT molecular complexity index is 480. The molecule has 2 amide bonds. The Morgan fingerprint density at radius 3 is 1.17 bits per heavy atom. The van der Waals surface area contributed by atoms with Gasteiger partial charge in [0.2, 0.25) is 29.7 Å². The van der Waals surface area contributed by atoms with Crippen LogP contribution in [0.1, 0.15) is 25.7 Å². The summed E-state index contributed by atoms with van der Waals surface area (Å²) in [5.41, 5.74) is 15.4. The maximum absolute atomic E-state index is 10.5. The van der Waals surface area contributed by atoms with E-state index < -0.39 is 0 Å². The number of carbonyl (C=O) groups excluding carboxylic acids is 2. The molecule has 2 aliphatic heterocycles. The van der Waals surface area contributed by atoms with Crippen LogP contribution in [0.5, 0.6) is 0 Å². The predicted molar refractivity (Wildman–Crippen MR) is 90.4 cm³/mol. The molecule has 2 aliphatic rings. The molecule has 0 aromatic carbocycles. The Hall–Kier alpha value is -2.69. The Morgan fingerprint density at radius 1 is 0.750 bits per heavy atom. The van der Waals surface area contributed by atoms with Gasteiger partial charge in [-0.05, 0) is 12.8 Å². The molecule has 8 N–H and O–H groups in total. The zero-order chi connectivity index (χ0) is 17.4. The first-order valence-corrected chi connectivity index (χ1v) is 7.30. The van der Waals surface area contributed by atoms with Crippen LogP contribution >= 0.6 is 0 Å². The number of nitrogens with two attached hydrogens (primary N) is 3. The molecule has 0 radical (unpaired) electrons. The van der Waals surface area contributed by atoms with E-state index in [4.69, 9.17) is 17.2 Å². The van der Waals surface area contributed by atoms with Crippen LogP contribution in [-0.2, 0) is 9.59 Å². The van der Waals surface area contributed by atoms with Gasteiger partial charge in [0.1, 0.15) is 0 Å². The lowest BCUT2D eigenvalue weighted by Crippen LogP contribution is -2.17. The van der Waals surface area contributed by atoms with Crippen molar-refractivity contribution >= 4 is 29.7 Å². The van der Waals surface area contributed by atoms with Crippen LogP contribution in [0.15, 0.2) is 0 Å². The number of anilines is 3. The molecule has 24 heavy (non-hydrogen) atoms. The van der Waals surface area contributed by atoms with Crippen molar-refractivity contribution in [3.8, 4) is 0 Å². The minimum atomic E-state index is 0. The first-order valence-electron chi connectivity index (χ1n) is 7.30. The predicted octanol–water partition coefficient (Wildman–Crippen LogP) is -1.73. The lowest BCUT2D eigenvalue weighted by Gasteiger charge is -2.03. The monoisotopic (exact) mass is 342 g/mol. The van der Waals surface area contributed by atoms with E-state index in [0.29, 0.717) is 11.8 Å². The highest BCUT2D eigenvalue weighted by Gasteiger charge is 2.14. The second-order valence-corrected chi connectivity index (χ2v) is 5.25. The SMILES string of the molecule is CN1CCCC1=O.CN1CCCC1=O.Nc1nc(N)nc(N)n1.O. The molecule has 11 heteroatoms. The van der Waals surface area contributed by atoms with Crippen LogP contribution in [0.3, 0.4) is 0 Å². The second kappa shape index (κ2) is 10.2. The minimum Gasteiger partial charge on any atom is -0.412 e. The zero-order valence-electron chi connectivity index (χ0n) is 14.0. The molecule has 1 aromatic heterocycles. The highest BCUT2D eigenvalue weighted by molar-refractivity contribution is 5.78. The minimum absolute atomic E-state index is 0. The van der Waals surface area contributed by atoms with Crippen LogP contribution in [0.25, 0.3) is 0 Å². The Kier molecular flexibility index (Phi) is 9.02. The van der Waals surface area contributed by atoms with Gasteiger partial charge in [0.15, 0.2) is 0 Å². The second-order valence-electron chi connectivity index (χ2n) is 5.25. The molecule has 2 saturated heterocycles. The largest absolute Gasteiger partial charge is 0.412 e. The van der Waals surface area contributed by atoms with Crippen molar-refractivity contribution in [2.24, 2.45) is 0 Å². The first-order chi connectivity index (χ1) is 10.8. The quantitative estimate of drug-likeness (QED) is 0.495. The molecule has 3 heterocycles. The van der Waals surface area contributed by atoms with Crippen molar-refractivity contribution in [2.45, 2.75) is 25.7 Å². The Balaban J connectivity index is 0.000000327. The van der Waals surface area contributed by atoms with Crippen LogP contribution in [0, 0.1) is 0 Å². The van der Waals surface area contributed by atoms with Gasteiger partial charge in [-0.2, -0.15) is 15.0 Å². The van der Waals surface area contributed by atoms with Gasteiger partial charge < -0.3 is 32.5 Å². The third-order valence-electron chi connectivity index (χ3n) is 3.31. The summed E-state index contributed by atoms with van der Waals surface area (Å²) in [6, 6.07) is 0. The molecule has 0 aliphatic carbocycles. The topological polar surface area (TPSA) is 189 Å². The summed E-state index contributed by atoms with van der Waals surface area (Å²) >= 11 is 0. The van der Waals surface area contributed by atoms with Crippen LogP contribution in [-0.4, -0.2) is 69.2 Å². The standard InChI is InChI=1S/2C5H9NO.C3H6N6.H2O/c2*1-6-4-2-3-5(6)7;4-1-7-2(5)9-3(6)8-1;/h2*2-4H2,1H3;(H6,4,5,6,7,8,9);1H2. The van der Waals surface area contributed by atoms with E-state index >= 15 is 0 Å². The van der Waals surface area contributed by atoms with E-state index in [2.05, 4.69) is 15.0 Å². The lowest BCUT2D eigenvalue weighted by molar-refractivity contribution is -0.127. The van der Waals surface area contributed by atoms with Crippen molar-refractivity contribution in [3.05, 3.63) is 0 Å². The van der Waals surface area contributed by atoms with Crippen molar-refractivity contribution in [1.82, 2.24) is 24.8 Å². The number of hydrogen-bond acceptors (Lipinski definition) is 8. The normalized spacial score (nSPS) is 15.9. The molecule has 2 fully saturated rings. The van der Waals surface area contributed by atoms with E-state index in [1.165, 1.54) is 0 Å². The number of carbonyl (C=O) groups is 2. The van der Waals surface area contributed by atoms with Crippen molar-refractivity contribution in [3.63, 3.8) is 0 Å². The molecule has 0 unspecified atom stereocenters. The summed E-state index contributed by atoms with van der Waals surface area (Å²) in [4.78, 5) is 35.0. The van der Waals surface area contributed by atoms with E-state index in [-0.39, 0.29) is 23.3 Å². The summed E-state index contributed by atoms with van der Waals surface area (Å²) < 4.78 is 0. The zero-order valence-corrected chi connectivity index (χ0v) is 14.0. The van der Waals surface area contributed by atoms with E-state index in [1.54, 1.807) is 9.80 Å². The lowest BCUT2D eigenvalue weighted by atomic mass is 10.4. The number of likely N-dealkylation sites (tertiary alicyclic amines) is 2. The summed E-state index contributed by atoms with van der Waals surface area (Å²) in [5.74, 6) is 0.708. The molecule has 11 nitrogen and oxygen atoms in total. The summed E-state index contributed by atoms with van der Waals surface area (Å²) in [5, 5.41) is 0. The number of amides is 2. The average Bonchev–Trinajstić information content (AvgIpc) is 2.99. The fourth-order valence-electron chi connectivity index (χ4n) is 1.99. The molecule has 1 aromatic rings. The van der Waals surface area contributed by atoms with Crippen LogP contribution in [0.2, 0.25) is 0 Å². The number of nitrogens with zero attached hydrogens (tertiary/aromatic N) is 5. The van der Waals surface area contributed by atoms with Gasteiger partial charge in [-0.25, -0.2) is 0 Å². The first kappa shape index (κ1) is 21.3. The molecular weight excluding hydrogens is 316 g/mol. The maximum Gasteiger partial charge on any atom is 0.226 e. The number of aromatic nitrogens is 3. The van der Waals surface area contributed by atoms with Gasteiger partial charge in [0, 0.05) is 40.0 Å². The molecule has 0 spiro atoms. The summed E-state index contributed by atoms with van der Waals surface area (Å²) in [6.45, 7) is 1.91. The van der Waals surface area contributed by atoms with Gasteiger partial charge >= 0.3 is 0 Å². The van der Waals surface area contributed by atoms with E-state index in [0.717, 1.165) is 38.8 Å². The van der Waals surface area contributed by atoms with Crippen LogP contribution in [0.4, 0.5) is 17.8 Å². The third kappa shape index (κ3) is 7.54. The maximum atomic E-state index is 10.5. The smallest absolute Gasteiger partial charge is 0.226 e. The Morgan fingerprint density at radius 2 is 1.04 bits per heavy atom. The highest BCUT2D eigenvalue weighted by atomic mass is 16.2. The fourth-order valence-corrected chi connectivity index (χ4v) is 1.99. The van der Waals surface area contributed by atoms with Gasteiger partial charge in [-0.15, -0.1) is 0 Å². The Labute approximate surface area is 140 Å². The summed E-state index contributed by atoms with van der Waals surface area (Å²) in [7, 11) is 3.69. The highest BCUT2D eigenvalue weighted by Crippen LogP contribution is 2.05. The molecular formula is C13H26N8O3. The fraction of sp³-hybridized carbons (Fsp3) is 0.615. The number of nitrogen functional groups attached to an aromatic ring is 3. The number of rotatable bonds is 0. The van der Waals surface area contributed by atoms with Gasteiger partial charge in [0.05, 0.1) is 0 Å². The van der Waals surface area contributed by atoms with Gasteiger partial charge in [0.25, 0.3) is 0 Å². The number of hydrogen-bond donors (Lipinski definition) is 3. The molecule has 3 rings (SSSR count). The molecule has 136 valence electrons. The van der Waals surface area contributed by atoms with Crippen molar-refractivity contribution < 1.29 is 15.1 Å².